The van der Waals surface area contributed by atoms with Gasteiger partial charge < -0.3 is 15.6 Å². The van der Waals surface area contributed by atoms with Gasteiger partial charge in [0.2, 0.25) is 0 Å². The number of hydrogen-bond acceptors (Lipinski definition) is 3. The minimum atomic E-state index is -0.624. The smallest absolute Gasteiger partial charge is 0.0668 e. The summed E-state index contributed by atoms with van der Waals surface area (Å²) in [5.74, 6) is 0.715. The second-order valence-corrected chi connectivity index (χ2v) is 8.67. The fourth-order valence-electron chi connectivity index (χ4n) is 3.66. The highest BCUT2D eigenvalue weighted by Gasteiger charge is 2.26. The first-order valence-electron chi connectivity index (χ1n) is 11.2. The van der Waals surface area contributed by atoms with Crippen molar-refractivity contribution in [3.8, 4) is 0 Å². The molecule has 1 fully saturated rings. The second kappa shape index (κ2) is 12.5. The van der Waals surface area contributed by atoms with E-state index in [9.17, 15) is 5.11 Å². The lowest BCUT2D eigenvalue weighted by molar-refractivity contribution is 0.0184. The molecule has 1 unspecified atom stereocenters. The van der Waals surface area contributed by atoms with Crippen LogP contribution in [0.25, 0.3) is 0 Å². The molecule has 1 atom stereocenters. The number of aliphatic hydroxyl groups excluding tert-OH is 1. The molecule has 1 aromatic rings. The molecular formula is C24H41NO2. The molecule has 154 valence electrons. The highest BCUT2D eigenvalue weighted by atomic mass is 16.5. The SMILES string of the molecule is CCCCCCCCc1ccc(CCC(N)(CO)COCC2CCC2)cc1. The van der Waals surface area contributed by atoms with E-state index in [4.69, 9.17) is 10.5 Å². The van der Waals surface area contributed by atoms with Gasteiger partial charge >= 0.3 is 0 Å². The molecule has 0 aliphatic heterocycles. The van der Waals surface area contributed by atoms with Crippen LogP contribution in [0, 0.1) is 5.92 Å². The highest BCUT2D eigenvalue weighted by Crippen LogP contribution is 2.26. The van der Waals surface area contributed by atoms with Crippen LogP contribution >= 0.6 is 0 Å². The van der Waals surface area contributed by atoms with E-state index in [1.807, 2.05) is 0 Å². The average molecular weight is 376 g/mol. The molecule has 0 bridgehead atoms. The predicted octanol–water partition coefficient (Wildman–Crippen LogP) is 5.03. The van der Waals surface area contributed by atoms with E-state index in [0.717, 1.165) is 19.4 Å². The normalized spacial score (nSPS) is 16.9. The lowest BCUT2D eigenvalue weighted by Gasteiger charge is -2.30. The lowest BCUT2D eigenvalue weighted by atomic mass is 9.86. The summed E-state index contributed by atoms with van der Waals surface area (Å²) in [5.41, 5.74) is 8.46. The molecule has 0 radical (unpaired) electrons. The zero-order valence-corrected chi connectivity index (χ0v) is 17.4. The first-order valence-corrected chi connectivity index (χ1v) is 11.2. The second-order valence-electron chi connectivity index (χ2n) is 8.67. The van der Waals surface area contributed by atoms with E-state index in [0.29, 0.717) is 12.5 Å². The number of benzene rings is 1. The minimum Gasteiger partial charge on any atom is -0.394 e. The number of hydrogen-bond donors (Lipinski definition) is 2. The Bertz CT molecular complexity index is 498. The van der Waals surface area contributed by atoms with Gasteiger partial charge in [0.05, 0.1) is 18.8 Å². The number of rotatable bonds is 15. The molecule has 0 saturated heterocycles. The zero-order valence-electron chi connectivity index (χ0n) is 17.4. The Labute approximate surface area is 166 Å². The van der Waals surface area contributed by atoms with E-state index < -0.39 is 5.54 Å². The van der Waals surface area contributed by atoms with Crippen molar-refractivity contribution in [3.63, 3.8) is 0 Å². The van der Waals surface area contributed by atoms with Gasteiger partial charge in [-0.05, 0) is 55.6 Å². The monoisotopic (exact) mass is 375 g/mol. The van der Waals surface area contributed by atoms with Gasteiger partial charge in [0.1, 0.15) is 0 Å². The topological polar surface area (TPSA) is 55.5 Å². The molecule has 0 heterocycles. The van der Waals surface area contributed by atoms with E-state index >= 15 is 0 Å². The standard InChI is InChI=1S/C24H41NO2/c1-2-3-4-5-6-7-9-21-12-14-22(15-13-21)16-17-24(25,19-26)20-27-18-23-10-8-11-23/h12-15,23,26H,2-11,16-20,25H2,1H3. The zero-order chi connectivity index (χ0) is 19.4. The quantitative estimate of drug-likeness (QED) is 0.423. The third kappa shape index (κ3) is 8.76. The number of ether oxygens (including phenoxy) is 1. The molecule has 27 heavy (non-hydrogen) atoms. The van der Waals surface area contributed by atoms with Gasteiger partial charge in [0, 0.05) is 6.61 Å². The first-order chi connectivity index (χ1) is 13.1. The van der Waals surface area contributed by atoms with Crippen molar-refractivity contribution in [2.45, 2.75) is 89.5 Å². The molecule has 1 aromatic carbocycles. The first kappa shape index (κ1) is 22.4. The van der Waals surface area contributed by atoms with Gasteiger partial charge in [-0.25, -0.2) is 0 Å². The molecule has 0 aromatic heterocycles. The Morgan fingerprint density at radius 2 is 1.63 bits per heavy atom. The number of aryl methyl sites for hydroxylation is 2. The summed E-state index contributed by atoms with van der Waals surface area (Å²) in [7, 11) is 0. The maximum Gasteiger partial charge on any atom is 0.0668 e. The van der Waals surface area contributed by atoms with E-state index in [-0.39, 0.29) is 6.61 Å². The number of aliphatic hydroxyl groups is 1. The molecule has 2 rings (SSSR count). The summed E-state index contributed by atoms with van der Waals surface area (Å²) in [4.78, 5) is 0. The molecule has 0 spiro atoms. The van der Waals surface area contributed by atoms with Crippen LogP contribution in [0.15, 0.2) is 24.3 Å². The molecular weight excluding hydrogens is 334 g/mol. The summed E-state index contributed by atoms with van der Waals surface area (Å²) >= 11 is 0. The minimum absolute atomic E-state index is 0.0201. The Kier molecular flexibility index (Phi) is 10.4. The molecule has 1 saturated carbocycles. The average Bonchev–Trinajstić information content (AvgIpc) is 2.66. The van der Waals surface area contributed by atoms with Crippen molar-refractivity contribution in [2.75, 3.05) is 19.8 Å². The maximum atomic E-state index is 9.71. The maximum absolute atomic E-state index is 9.71. The molecule has 0 amide bonds. The summed E-state index contributed by atoms with van der Waals surface area (Å²) in [6.45, 7) is 3.50. The fraction of sp³-hybridized carbons (Fsp3) is 0.750. The van der Waals surface area contributed by atoms with Crippen LogP contribution in [0.5, 0.6) is 0 Å². The molecule has 3 nitrogen and oxygen atoms in total. The summed E-state index contributed by atoms with van der Waals surface area (Å²) in [6, 6.07) is 8.95. The van der Waals surface area contributed by atoms with Crippen molar-refractivity contribution in [3.05, 3.63) is 35.4 Å². The number of unbranched alkanes of at least 4 members (excludes halogenated alkanes) is 5. The fourth-order valence-corrected chi connectivity index (χ4v) is 3.66. The van der Waals surface area contributed by atoms with Crippen molar-refractivity contribution in [1.82, 2.24) is 0 Å². The Morgan fingerprint density at radius 1 is 1.00 bits per heavy atom. The molecule has 1 aliphatic carbocycles. The van der Waals surface area contributed by atoms with Gasteiger partial charge in [-0.15, -0.1) is 0 Å². The molecule has 3 heteroatoms. The van der Waals surface area contributed by atoms with Crippen LogP contribution in [0.3, 0.4) is 0 Å². The molecule has 1 aliphatic rings. The van der Waals surface area contributed by atoms with E-state index in [1.165, 1.54) is 75.3 Å². The molecule has 3 N–H and O–H groups in total. The van der Waals surface area contributed by atoms with Gasteiger partial charge in [0.25, 0.3) is 0 Å². The van der Waals surface area contributed by atoms with Gasteiger partial charge in [-0.3, -0.25) is 0 Å². The number of nitrogens with two attached hydrogens (primary N) is 1. The largest absolute Gasteiger partial charge is 0.394 e. The Hall–Kier alpha value is -0.900. The van der Waals surface area contributed by atoms with Crippen LogP contribution in [-0.4, -0.2) is 30.5 Å². The van der Waals surface area contributed by atoms with Crippen molar-refractivity contribution in [1.29, 1.82) is 0 Å². The van der Waals surface area contributed by atoms with Crippen molar-refractivity contribution < 1.29 is 9.84 Å². The van der Waals surface area contributed by atoms with Crippen LogP contribution < -0.4 is 5.73 Å². The van der Waals surface area contributed by atoms with Crippen LogP contribution in [-0.2, 0) is 17.6 Å². The predicted molar refractivity (Wildman–Crippen MR) is 114 cm³/mol. The summed E-state index contributed by atoms with van der Waals surface area (Å²) < 4.78 is 5.80. The van der Waals surface area contributed by atoms with Gasteiger partial charge in [-0.1, -0.05) is 69.7 Å². The Balaban J connectivity index is 1.64. The van der Waals surface area contributed by atoms with E-state index in [1.54, 1.807) is 0 Å². The Morgan fingerprint density at radius 3 is 2.22 bits per heavy atom. The summed E-state index contributed by atoms with van der Waals surface area (Å²) in [6.07, 6.45) is 14.8. The van der Waals surface area contributed by atoms with E-state index in [2.05, 4.69) is 31.2 Å². The third-order valence-electron chi connectivity index (χ3n) is 6.04. The van der Waals surface area contributed by atoms with Crippen LogP contribution in [0.4, 0.5) is 0 Å². The van der Waals surface area contributed by atoms with Gasteiger partial charge in [0.15, 0.2) is 0 Å². The highest BCUT2D eigenvalue weighted by molar-refractivity contribution is 5.23. The third-order valence-corrected chi connectivity index (χ3v) is 6.04. The lowest BCUT2D eigenvalue weighted by Crippen LogP contribution is -2.49. The van der Waals surface area contributed by atoms with Crippen molar-refractivity contribution in [2.24, 2.45) is 11.7 Å². The summed E-state index contributed by atoms with van der Waals surface area (Å²) in [5, 5.41) is 9.71. The van der Waals surface area contributed by atoms with Gasteiger partial charge in [-0.2, -0.15) is 0 Å². The van der Waals surface area contributed by atoms with Crippen LogP contribution in [0.2, 0.25) is 0 Å². The van der Waals surface area contributed by atoms with Crippen molar-refractivity contribution >= 4 is 0 Å². The van der Waals surface area contributed by atoms with Crippen LogP contribution in [0.1, 0.15) is 82.3 Å².